The Hall–Kier alpha value is -2.68. The number of alkyl halides is 2. The number of nitrogens with one attached hydrogen (secondary N) is 1. The van der Waals surface area contributed by atoms with Gasteiger partial charge in [0.25, 0.3) is 11.8 Å². The van der Waals surface area contributed by atoms with Crippen molar-refractivity contribution >= 4 is 23.3 Å². The number of nitrogens with zero attached hydrogens (tertiary/aromatic N) is 4. The summed E-state index contributed by atoms with van der Waals surface area (Å²) >= 11 is 5.73. The molecule has 1 fully saturated rings. The highest BCUT2D eigenvalue weighted by atomic mass is 35.5. The second-order valence-corrected chi connectivity index (χ2v) is 7.32. The van der Waals surface area contributed by atoms with E-state index in [1.807, 2.05) is 0 Å². The third kappa shape index (κ3) is 3.42. The van der Waals surface area contributed by atoms with Crippen LogP contribution in [0.3, 0.4) is 0 Å². The van der Waals surface area contributed by atoms with Crippen LogP contribution in [0.5, 0.6) is 0 Å². The molecule has 0 aliphatic carbocycles. The molecule has 1 N–H and O–H groups in total. The molecule has 6 nitrogen and oxygen atoms in total. The molecule has 2 aromatic heterocycles. The first-order chi connectivity index (χ1) is 13.2. The summed E-state index contributed by atoms with van der Waals surface area (Å²) in [5, 5.41) is 2.63. The predicted octanol–water partition coefficient (Wildman–Crippen LogP) is 2.91. The highest BCUT2D eigenvalue weighted by Crippen LogP contribution is 2.36. The molecule has 0 radical (unpaired) electrons. The Balaban J connectivity index is 1.69. The lowest BCUT2D eigenvalue weighted by Gasteiger charge is -2.37. The van der Waals surface area contributed by atoms with Gasteiger partial charge in [0, 0.05) is 30.5 Å². The van der Waals surface area contributed by atoms with Gasteiger partial charge in [-0.3, -0.25) is 4.79 Å². The first-order valence-corrected chi connectivity index (χ1v) is 8.96. The number of halogens is 4. The summed E-state index contributed by atoms with van der Waals surface area (Å²) in [6, 6.07) is 5.14. The second-order valence-electron chi connectivity index (χ2n) is 6.92. The van der Waals surface area contributed by atoms with E-state index in [1.165, 1.54) is 16.9 Å². The Morgan fingerprint density at radius 3 is 2.93 bits per heavy atom. The standard InChI is InChI=1S/C18H15ClF3N5O/c1-10-4-15(27-17(25-10)23-9-24-27)12-6-18(21,22)8-26(7-12)16(28)11-2-3-14(20)13(19)5-11/h2-5,9,12H,6-8H2,1H3/p+1/t12-/m0/s1. The topological polar surface area (TPSA) is 66.0 Å². The van der Waals surface area contributed by atoms with Gasteiger partial charge >= 0.3 is 5.78 Å². The zero-order valence-corrected chi connectivity index (χ0v) is 15.6. The van der Waals surface area contributed by atoms with Gasteiger partial charge in [0.15, 0.2) is 6.33 Å². The maximum atomic E-state index is 14.5. The molecule has 3 aromatic rings. The number of hydrogen-bond donors (Lipinski definition) is 1. The predicted molar refractivity (Wildman–Crippen MR) is 93.9 cm³/mol. The lowest BCUT2D eigenvalue weighted by molar-refractivity contribution is -0.590. The Morgan fingerprint density at radius 2 is 2.18 bits per heavy atom. The zero-order chi connectivity index (χ0) is 20.1. The fourth-order valence-electron chi connectivity index (χ4n) is 3.56. The Morgan fingerprint density at radius 1 is 1.39 bits per heavy atom. The van der Waals surface area contributed by atoms with Crippen LogP contribution in [0.2, 0.25) is 5.02 Å². The van der Waals surface area contributed by atoms with Gasteiger partial charge in [-0.15, -0.1) is 4.52 Å². The SMILES string of the molecule is Cc1cc([C@@H]2CN(C(=O)c3ccc(F)c(Cl)c3)CC(F)(F)C2)[n+]2[nH]cnc2n1. The monoisotopic (exact) mass is 410 g/mol. The number of amides is 1. The van der Waals surface area contributed by atoms with Crippen molar-refractivity contribution in [3.63, 3.8) is 0 Å². The Labute approximate surface area is 163 Å². The molecule has 10 heteroatoms. The van der Waals surface area contributed by atoms with Crippen molar-refractivity contribution in [2.24, 2.45) is 0 Å². The van der Waals surface area contributed by atoms with Crippen LogP contribution >= 0.6 is 11.6 Å². The van der Waals surface area contributed by atoms with Crippen LogP contribution in [-0.4, -0.2) is 44.9 Å². The van der Waals surface area contributed by atoms with Crippen molar-refractivity contribution < 1.29 is 22.5 Å². The molecule has 1 atom stereocenters. The molecule has 1 saturated heterocycles. The minimum atomic E-state index is -3.08. The van der Waals surface area contributed by atoms with Gasteiger partial charge in [0.2, 0.25) is 0 Å². The number of carbonyl (C=O) groups excluding carboxylic acids is 1. The average Bonchev–Trinajstić information content (AvgIpc) is 3.09. The first kappa shape index (κ1) is 18.7. The van der Waals surface area contributed by atoms with Gasteiger partial charge in [-0.2, -0.15) is 0 Å². The second kappa shape index (κ2) is 6.73. The molecule has 1 aliphatic rings. The van der Waals surface area contributed by atoms with E-state index in [4.69, 9.17) is 11.6 Å². The van der Waals surface area contributed by atoms with Crippen LogP contribution in [0, 0.1) is 12.7 Å². The van der Waals surface area contributed by atoms with E-state index in [-0.39, 0.29) is 17.1 Å². The summed E-state index contributed by atoms with van der Waals surface area (Å²) in [5.41, 5.74) is 1.27. The molecular formula is C18H16ClF3N5O+. The molecule has 1 aliphatic heterocycles. The summed E-state index contributed by atoms with van der Waals surface area (Å²) < 4.78 is 43.9. The van der Waals surface area contributed by atoms with Gasteiger partial charge in [-0.05, 0) is 25.1 Å². The molecule has 4 rings (SSSR count). The summed E-state index contributed by atoms with van der Waals surface area (Å²) in [5.74, 6) is -4.65. The van der Waals surface area contributed by atoms with Crippen LogP contribution in [-0.2, 0) is 0 Å². The summed E-state index contributed by atoms with van der Waals surface area (Å²) in [4.78, 5) is 22.2. The number of carbonyl (C=O) groups is 1. The van der Waals surface area contributed by atoms with Crippen molar-refractivity contribution in [2.75, 3.05) is 13.1 Å². The summed E-state index contributed by atoms with van der Waals surface area (Å²) in [7, 11) is 0. The van der Waals surface area contributed by atoms with Crippen LogP contribution < -0.4 is 4.52 Å². The smallest absolute Gasteiger partial charge is 0.332 e. The largest absolute Gasteiger partial charge is 0.457 e. The minimum absolute atomic E-state index is 0.0631. The number of likely N-dealkylation sites (tertiary alicyclic amines) is 1. The fraction of sp³-hybridized carbons (Fsp3) is 0.333. The van der Waals surface area contributed by atoms with Crippen molar-refractivity contribution in [1.82, 2.24) is 20.0 Å². The van der Waals surface area contributed by atoms with Crippen LogP contribution in [0.25, 0.3) is 5.78 Å². The molecule has 146 valence electrons. The van der Waals surface area contributed by atoms with E-state index >= 15 is 0 Å². The highest BCUT2D eigenvalue weighted by molar-refractivity contribution is 6.31. The van der Waals surface area contributed by atoms with E-state index in [1.54, 1.807) is 13.0 Å². The third-order valence-corrected chi connectivity index (χ3v) is 5.03. The molecule has 1 aromatic carbocycles. The summed E-state index contributed by atoms with van der Waals surface area (Å²) in [6.45, 7) is 1.12. The van der Waals surface area contributed by atoms with Gasteiger partial charge in [-0.25, -0.2) is 18.3 Å². The van der Waals surface area contributed by atoms with E-state index < -0.39 is 36.5 Å². The van der Waals surface area contributed by atoms with Crippen molar-refractivity contribution in [2.45, 2.75) is 25.2 Å². The highest BCUT2D eigenvalue weighted by Gasteiger charge is 2.44. The van der Waals surface area contributed by atoms with Gasteiger partial charge < -0.3 is 4.90 Å². The maximum Gasteiger partial charge on any atom is 0.457 e. The number of aromatic nitrogens is 4. The van der Waals surface area contributed by atoms with Gasteiger partial charge in [-0.1, -0.05) is 21.6 Å². The number of fused-ring (bicyclic) bond motifs is 1. The van der Waals surface area contributed by atoms with Gasteiger partial charge in [0.1, 0.15) is 17.2 Å². The van der Waals surface area contributed by atoms with Crippen molar-refractivity contribution in [3.8, 4) is 0 Å². The van der Waals surface area contributed by atoms with E-state index in [9.17, 15) is 18.0 Å². The van der Waals surface area contributed by atoms with Crippen LogP contribution in [0.4, 0.5) is 13.2 Å². The summed E-state index contributed by atoms with van der Waals surface area (Å²) in [6.07, 6.45) is 1.02. The van der Waals surface area contributed by atoms with Gasteiger partial charge in [0.05, 0.1) is 11.6 Å². The molecule has 28 heavy (non-hydrogen) atoms. The number of aromatic amines is 1. The number of benzene rings is 1. The number of piperidine rings is 1. The average molecular weight is 411 g/mol. The molecule has 3 heterocycles. The Bertz CT molecular complexity index is 1070. The van der Waals surface area contributed by atoms with E-state index in [0.717, 1.165) is 17.0 Å². The molecule has 1 amide bonds. The lowest BCUT2D eigenvalue weighted by Crippen LogP contribution is -2.50. The quantitative estimate of drug-likeness (QED) is 0.661. The van der Waals surface area contributed by atoms with Crippen LogP contribution in [0.1, 0.15) is 34.1 Å². The molecule has 0 spiro atoms. The fourth-order valence-corrected chi connectivity index (χ4v) is 3.74. The molecule has 0 saturated carbocycles. The Kier molecular flexibility index (Phi) is 4.49. The molecule has 0 bridgehead atoms. The normalized spacial score (nSPS) is 19.2. The number of hydrogen-bond acceptors (Lipinski definition) is 3. The van der Waals surface area contributed by atoms with Crippen LogP contribution in [0.15, 0.2) is 30.6 Å². The number of aryl methyl sites for hydroxylation is 1. The maximum absolute atomic E-state index is 14.5. The van der Waals surface area contributed by atoms with E-state index in [0.29, 0.717) is 17.2 Å². The van der Waals surface area contributed by atoms with Crippen molar-refractivity contribution in [3.05, 3.63) is 58.4 Å². The minimum Gasteiger partial charge on any atom is -0.332 e. The lowest BCUT2D eigenvalue weighted by atomic mass is 9.91. The molecule has 0 unspecified atom stereocenters. The zero-order valence-electron chi connectivity index (χ0n) is 14.8. The first-order valence-electron chi connectivity index (χ1n) is 8.58. The number of rotatable bonds is 2. The van der Waals surface area contributed by atoms with Crippen molar-refractivity contribution in [1.29, 1.82) is 0 Å². The van der Waals surface area contributed by atoms with E-state index in [2.05, 4.69) is 15.1 Å². The molecular weight excluding hydrogens is 395 g/mol. The third-order valence-electron chi connectivity index (χ3n) is 4.74. The number of H-pyrrole nitrogens is 1.